The first-order valence-corrected chi connectivity index (χ1v) is 23.1. The van der Waals surface area contributed by atoms with Gasteiger partial charge in [-0.25, -0.2) is 16.8 Å². The second-order valence-electron chi connectivity index (χ2n) is 14.6. The molecule has 4 N–H and O–H groups in total. The average Bonchev–Trinajstić information content (AvgIpc) is 3.72. The maximum absolute atomic E-state index is 11.3. The maximum atomic E-state index is 11.3. The molecule has 2 unspecified atom stereocenters. The van der Waals surface area contributed by atoms with Crippen molar-refractivity contribution in [3.05, 3.63) is 36.4 Å². The topological polar surface area (TPSA) is 163 Å². The van der Waals surface area contributed by atoms with Crippen LogP contribution in [0.5, 0.6) is 0 Å². The van der Waals surface area contributed by atoms with Crippen LogP contribution in [0.15, 0.2) is 46.2 Å². The predicted molar refractivity (Wildman–Crippen MR) is 219 cm³/mol. The molecule has 53 heavy (non-hydrogen) atoms. The van der Waals surface area contributed by atoms with Gasteiger partial charge in [0.15, 0.2) is 0 Å². The molecule has 13 heteroatoms. The molecule has 0 radical (unpaired) electrons. The Bertz CT molecular complexity index is 1410. The molecule has 0 saturated heterocycles. The van der Waals surface area contributed by atoms with Gasteiger partial charge in [-0.05, 0) is 49.9 Å². The van der Waals surface area contributed by atoms with Crippen molar-refractivity contribution in [1.82, 2.24) is 0 Å². The standard InChI is InChI=1S/2C20H34N2O3S.Ca/c2*1-2-3-4-5-6-7-8-9-10-11-12-16-19-21-17-14-13-15-18(20(17)22-19)26(23,24)25;/h2*13-15,19,21-22H,2-12,16H2,1H3,(H,23,24,25);/q;;+2/p-2. The van der Waals surface area contributed by atoms with Crippen LogP contribution in [0, 0.1) is 0 Å². The first-order valence-electron chi connectivity index (χ1n) is 20.3. The molecule has 0 amide bonds. The van der Waals surface area contributed by atoms with Gasteiger partial charge in [0.05, 0.1) is 44.9 Å². The predicted octanol–water partition coefficient (Wildman–Crippen LogP) is 10.5. The number of fused-ring (bicyclic) bond motifs is 2. The van der Waals surface area contributed by atoms with Gasteiger partial charge in [0.1, 0.15) is 20.2 Å². The number of anilines is 4. The van der Waals surface area contributed by atoms with Crippen molar-refractivity contribution in [2.75, 3.05) is 21.3 Å². The van der Waals surface area contributed by atoms with Crippen molar-refractivity contribution >= 4 is 80.7 Å². The van der Waals surface area contributed by atoms with Crippen molar-refractivity contribution < 1.29 is 25.9 Å². The minimum atomic E-state index is -4.45. The second kappa shape index (κ2) is 26.6. The molecule has 0 aromatic heterocycles. The minimum absolute atomic E-state index is 0. The Morgan fingerprint density at radius 1 is 0.453 bits per heavy atom. The second-order valence-corrected chi connectivity index (χ2v) is 17.3. The molecule has 0 fully saturated rings. The van der Waals surface area contributed by atoms with Crippen LogP contribution in [0.1, 0.15) is 168 Å². The SMILES string of the molecule is CCCCCCCCCCCCCC1Nc2cccc(S(=O)(=O)[O-])c2N1.CCCCCCCCCCCCCC1Nc2cccc(S(=O)(=O)[O-])c2N1.[Ca+2]. The van der Waals surface area contributed by atoms with Crippen LogP contribution in [-0.2, 0) is 20.2 Å². The number of hydrogen-bond acceptors (Lipinski definition) is 10. The molecule has 2 heterocycles. The minimum Gasteiger partial charge on any atom is -0.744 e. The van der Waals surface area contributed by atoms with Gasteiger partial charge < -0.3 is 30.4 Å². The molecule has 2 aliphatic heterocycles. The van der Waals surface area contributed by atoms with Gasteiger partial charge in [-0.3, -0.25) is 0 Å². The van der Waals surface area contributed by atoms with Crippen molar-refractivity contribution in [1.29, 1.82) is 0 Å². The van der Waals surface area contributed by atoms with E-state index in [2.05, 4.69) is 35.1 Å². The van der Waals surface area contributed by atoms with E-state index in [0.717, 1.165) is 25.7 Å². The fraction of sp³-hybridized carbons (Fsp3) is 0.700. The molecule has 0 spiro atoms. The van der Waals surface area contributed by atoms with E-state index in [1.165, 1.54) is 141 Å². The Balaban J connectivity index is 0.000000360. The van der Waals surface area contributed by atoms with E-state index < -0.39 is 20.2 Å². The summed E-state index contributed by atoms with van der Waals surface area (Å²) in [4.78, 5) is -0.326. The van der Waals surface area contributed by atoms with Gasteiger partial charge >= 0.3 is 37.7 Å². The number of rotatable bonds is 26. The molecular weight excluding hydrogens is 737 g/mol. The Morgan fingerprint density at radius 3 is 1.02 bits per heavy atom. The monoisotopic (exact) mass is 802 g/mol. The number of nitrogens with one attached hydrogen (secondary N) is 4. The summed E-state index contributed by atoms with van der Waals surface area (Å²) >= 11 is 0. The molecule has 0 aliphatic carbocycles. The third-order valence-electron chi connectivity index (χ3n) is 10.1. The Morgan fingerprint density at radius 2 is 0.736 bits per heavy atom. The molecule has 10 nitrogen and oxygen atoms in total. The molecular formula is C40H66CaN4O6S2. The van der Waals surface area contributed by atoms with E-state index in [0.29, 0.717) is 22.7 Å². The first kappa shape index (κ1) is 47.9. The van der Waals surface area contributed by atoms with Crippen LogP contribution in [0.4, 0.5) is 22.7 Å². The van der Waals surface area contributed by atoms with Gasteiger partial charge in [-0.15, -0.1) is 0 Å². The fourth-order valence-electron chi connectivity index (χ4n) is 7.13. The summed E-state index contributed by atoms with van der Waals surface area (Å²) in [5, 5.41) is 12.8. The van der Waals surface area contributed by atoms with Gasteiger partial charge in [0, 0.05) is 0 Å². The van der Waals surface area contributed by atoms with Crippen molar-refractivity contribution in [3.8, 4) is 0 Å². The normalized spacial score (nSPS) is 15.8. The summed E-state index contributed by atoms with van der Waals surface area (Å²) in [6.07, 6.45) is 30.6. The molecule has 4 rings (SSSR count). The molecule has 2 aromatic rings. The number of unbranched alkanes of at least 4 members (excludes halogenated alkanes) is 20. The Labute approximate surface area is 351 Å². The van der Waals surface area contributed by atoms with Gasteiger partial charge in [0.25, 0.3) is 0 Å². The van der Waals surface area contributed by atoms with E-state index in [-0.39, 0.29) is 59.9 Å². The van der Waals surface area contributed by atoms with Crippen LogP contribution in [-0.4, -0.2) is 76.0 Å². The van der Waals surface area contributed by atoms with E-state index in [4.69, 9.17) is 0 Å². The summed E-state index contributed by atoms with van der Waals surface area (Å²) in [6, 6.07) is 9.53. The first-order chi connectivity index (χ1) is 25.0. The zero-order chi connectivity index (χ0) is 37.7. The van der Waals surface area contributed by atoms with Crippen LogP contribution in [0.25, 0.3) is 0 Å². The van der Waals surface area contributed by atoms with Crippen LogP contribution in [0.3, 0.4) is 0 Å². The largest absolute Gasteiger partial charge is 2.00 e. The third-order valence-corrected chi connectivity index (χ3v) is 11.8. The van der Waals surface area contributed by atoms with Crippen molar-refractivity contribution in [2.24, 2.45) is 0 Å². The van der Waals surface area contributed by atoms with E-state index in [1.54, 1.807) is 24.3 Å². The molecule has 2 aromatic carbocycles. The fourth-order valence-corrected chi connectivity index (χ4v) is 8.46. The molecule has 2 aliphatic rings. The summed E-state index contributed by atoms with van der Waals surface area (Å²) in [6.45, 7) is 4.50. The maximum Gasteiger partial charge on any atom is 2.00 e. The van der Waals surface area contributed by atoms with Crippen LogP contribution in [0.2, 0.25) is 0 Å². The Kier molecular flexibility index (Phi) is 24.0. The van der Waals surface area contributed by atoms with E-state index in [1.807, 2.05) is 0 Å². The number of benzene rings is 2. The molecule has 0 saturated carbocycles. The summed E-state index contributed by atoms with van der Waals surface area (Å²) in [5.41, 5.74) is 2.26. The van der Waals surface area contributed by atoms with Crippen molar-refractivity contribution in [3.63, 3.8) is 0 Å². The molecule has 0 bridgehead atoms. The zero-order valence-electron chi connectivity index (χ0n) is 32.6. The summed E-state index contributed by atoms with van der Waals surface area (Å²) in [7, 11) is -8.90. The van der Waals surface area contributed by atoms with Crippen LogP contribution >= 0.6 is 0 Å². The van der Waals surface area contributed by atoms with Crippen LogP contribution < -0.4 is 21.3 Å². The number of hydrogen-bond donors (Lipinski definition) is 4. The van der Waals surface area contributed by atoms with Gasteiger partial charge in [0.2, 0.25) is 0 Å². The number of para-hydroxylation sites is 2. The van der Waals surface area contributed by atoms with E-state index in [9.17, 15) is 25.9 Å². The molecule has 2 atom stereocenters. The van der Waals surface area contributed by atoms with Gasteiger partial charge in [-0.2, -0.15) is 0 Å². The molecule has 296 valence electrons. The quantitative estimate of drug-likeness (QED) is 0.0409. The summed E-state index contributed by atoms with van der Waals surface area (Å²) in [5.74, 6) is 0. The average molecular weight is 803 g/mol. The van der Waals surface area contributed by atoms with Crippen molar-refractivity contribution in [2.45, 2.75) is 190 Å². The van der Waals surface area contributed by atoms with E-state index >= 15 is 0 Å². The third kappa shape index (κ3) is 18.5. The smallest absolute Gasteiger partial charge is 0.744 e. The summed E-state index contributed by atoms with van der Waals surface area (Å²) < 4.78 is 68.0. The zero-order valence-corrected chi connectivity index (χ0v) is 36.4. The van der Waals surface area contributed by atoms with Gasteiger partial charge in [-0.1, -0.05) is 154 Å². The Hall–Kier alpha value is -1.28.